The van der Waals surface area contributed by atoms with Crippen LogP contribution in [0.3, 0.4) is 0 Å². The highest BCUT2D eigenvalue weighted by Gasteiger charge is 2.24. The highest BCUT2D eigenvalue weighted by atomic mass is 79.9. The molecule has 7 nitrogen and oxygen atoms in total. The first-order valence-electron chi connectivity index (χ1n) is 5.82. The van der Waals surface area contributed by atoms with Crippen LogP contribution in [-0.2, 0) is 0 Å². The summed E-state index contributed by atoms with van der Waals surface area (Å²) < 4.78 is 6.03. The number of halogens is 1. The van der Waals surface area contributed by atoms with Crippen molar-refractivity contribution in [3.05, 3.63) is 32.8 Å². The number of amidine groups is 1. The fourth-order valence-corrected chi connectivity index (χ4v) is 1.78. The first kappa shape index (κ1) is 16.2. The van der Waals surface area contributed by atoms with Crippen LogP contribution in [0.25, 0.3) is 0 Å². The summed E-state index contributed by atoms with van der Waals surface area (Å²) in [6.07, 6.45) is 0.454. The maximum atomic E-state index is 10.9. The summed E-state index contributed by atoms with van der Waals surface area (Å²) >= 11 is 3.17. The van der Waals surface area contributed by atoms with Gasteiger partial charge in [0.1, 0.15) is 5.84 Å². The summed E-state index contributed by atoms with van der Waals surface area (Å²) in [6, 6.07) is 4.57. The summed E-state index contributed by atoms with van der Waals surface area (Å²) in [4.78, 5) is 10.4. The van der Waals surface area contributed by atoms with E-state index in [1.165, 1.54) is 12.1 Å². The fourth-order valence-electron chi connectivity index (χ4n) is 1.43. The normalized spacial score (nSPS) is 12.2. The van der Waals surface area contributed by atoms with Gasteiger partial charge in [0.25, 0.3) is 0 Å². The molecule has 0 aliphatic rings. The Kier molecular flexibility index (Phi) is 5.32. The van der Waals surface area contributed by atoms with Gasteiger partial charge in [0.15, 0.2) is 5.75 Å². The molecule has 0 aromatic heterocycles. The second-order valence-corrected chi connectivity index (χ2v) is 5.75. The van der Waals surface area contributed by atoms with Crippen molar-refractivity contribution in [2.45, 2.75) is 20.3 Å². The Morgan fingerprint density at radius 1 is 1.60 bits per heavy atom. The first-order valence-corrected chi connectivity index (χ1v) is 6.62. The first-order chi connectivity index (χ1) is 9.27. The van der Waals surface area contributed by atoms with Crippen LogP contribution >= 0.6 is 15.9 Å². The second-order valence-electron chi connectivity index (χ2n) is 4.84. The van der Waals surface area contributed by atoms with Crippen molar-refractivity contribution in [3.8, 4) is 5.75 Å². The number of hydrogen-bond donors (Lipinski definition) is 2. The predicted octanol–water partition coefficient (Wildman–Crippen LogP) is 2.90. The van der Waals surface area contributed by atoms with Crippen molar-refractivity contribution in [2.24, 2.45) is 16.3 Å². The number of benzene rings is 1. The lowest BCUT2D eigenvalue weighted by molar-refractivity contribution is -0.386. The molecular weight excluding hydrogens is 330 g/mol. The van der Waals surface area contributed by atoms with Gasteiger partial charge in [-0.2, -0.15) is 0 Å². The van der Waals surface area contributed by atoms with Crippen LogP contribution in [0.1, 0.15) is 20.3 Å². The van der Waals surface area contributed by atoms with Gasteiger partial charge in [0.2, 0.25) is 0 Å². The largest absolute Gasteiger partial charge is 0.487 e. The maximum Gasteiger partial charge on any atom is 0.312 e. The molecule has 0 saturated carbocycles. The second kappa shape index (κ2) is 6.56. The lowest BCUT2D eigenvalue weighted by Crippen LogP contribution is -2.33. The smallest absolute Gasteiger partial charge is 0.312 e. The molecule has 0 amide bonds. The third-order valence-corrected chi connectivity index (χ3v) is 3.40. The highest BCUT2D eigenvalue weighted by Crippen LogP contribution is 2.31. The molecule has 110 valence electrons. The number of hydrogen-bond acceptors (Lipinski definition) is 5. The van der Waals surface area contributed by atoms with Gasteiger partial charge in [0, 0.05) is 16.0 Å². The summed E-state index contributed by atoms with van der Waals surface area (Å²) in [6.45, 7) is 3.80. The number of nitrogens with zero attached hydrogens (tertiary/aromatic N) is 2. The summed E-state index contributed by atoms with van der Waals surface area (Å²) in [5, 5.41) is 22.6. The van der Waals surface area contributed by atoms with Crippen LogP contribution in [0.4, 0.5) is 5.69 Å². The van der Waals surface area contributed by atoms with E-state index in [0.717, 1.165) is 0 Å². The minimum atomic E-state index is -0.557. The van der Waals surface area contributed by atoms with Gasteiger partial charge in [-0.15, -0.1) is 0 Å². The molecule has 0 saturated heterocycles. The molecule has 0 heterocycles. The summed E-state index contributed by atoms with van der Waals surface area (Å²) in [7, 11) is 0. The lowest BCUT2D eigenvalue weighted by Gasteiger charge is -2.22. The molecule has 0 radical (unpaired) electrons. The summed E-state index contributed by atoms with van der Waals surface area (Å²) in [5.41, 5.74) is 4.89. The van der Waals surface area contributed by atoms with E-state index in [1.54, 1.807) is 19.9 Å². The maximum absolute atomic E-state index is 10.9. The van der Waals surface area contributed by atoms with E-state index in [-0.39, 0.29) is 23.9 Å². The van der Waals surface area contributed by atoms with Crippen LogP contribution in [-0.4, -0.2) is 22.6 Å². The SMILES string of the molecule is CC(C)(CCOc1ccc(Br)cc1[N+](=O)[O-])C(N)=NO. The van der Waals surface area contributed by atoms with E-state index in [4.69, 9.17) is 15.7 Å². The molecule has 8 heteroatoms. The average Bonchev–Trinajstić information content (AvgIpc) is 2.39. The molecule has 0 unspecified atom stereocenters. The Labute approximate surface area is 124 Å². The monoisotopic (exact) mass is 345 g/mol. The molecule has 0 aliphatic carbocycles. The van der Waals surface area contributed by atoms with E-state index in [0.29, 0.717) is 10.9 Å². The van der Waals surface area contributed by atoms with Gasteiger partial charge in [-0.05, 0) is 18.6 Å². The van der Waals surface area contributed by atoms with E-state index in [9.17, 15) is 10.1 Å². The number of rotatable bonds is 6. The van der Waals surface area contributed by atoms with E-state index in [1.807, 2.05) is 0 Å². The van der Waals surface area contributed by atoms with E-state index < -0.39 is 10.3 Å². The van der Waals surface area contributed by atoms with E-state index >= 15 is 0 Å². The van der Waals surface area contributed by atoms with Crippen LogP contribution < -0.4 is 10.5 Å². The molecule has 0 atom stereocenters. The topological polar surface area (TPSA) is 111 Å². The highest BCUT2D eigenvalue weighted by molar-refractivity contribution is 9.10. The predicted molar refractivity (Wildman–Crippen MR) is 78.1 cm³/mol. The zero-order chi connectivity index (χ0) is 15.3. The number of nitro groups is 1. The van der Waals surface area contributed by atoms with E-state index in [2.05, 4.69) is 21.1 Å². The third-order valence-electron chi connectivity index (χ3n) is 2.90. The molecule has 1 aromatic carbocycles. The minimum absolute atomic E-state index is 0.0893. The number of nitrogens with two attached hydrogens (primary N) is 1. The molecule has 0 aliphatic heterocycles. The minimum Gasteiger partial charge on any atom is -0.487 e. The molecule has 0 bridgehead atoms. The number of ether oxygens (including phenoxy) is 1. The Morgan fingerprint density at radius 2 is 2.25 bits per heavy atom. The molecule has 20 heavy (non-hydrogen) atoms. The molecular formula is C12H16BrN3O4. The van der Waals surface area contributed by atoms with Crippen LogP contribution in [0.15, 0.2) is 27.8 Å². The third kappa shape index (κ3) is 4.09. The molecule has 0 spiro atoms. The van der Waals surface area contributed by atoms with Crippen molar-refractivity contribution in [1.29, 1.82) is 0 Å². The lowest BCUT2D eigenvalue weighted by atomic mass is 9.88. The van der Waals surface area contributed by atoms with Crippen molar-refractivity contribution >= 4 is 27.5 Å². The molecule has 1 aromatic rings. The number of nitro benzene ring substituents is 1. The van der Waals surface area contributed by atoms with Gasteiger partial charge in [-0.25, -0.2) is 0 Å². The van der Waals surface area contributed by atoms with Gasteiger partial charge in [-0.1, -0.05) is 34.9 Å². The van der Waals surface area contributed by atoms with Crippen LogP contribution in [0.5, 0.6) is 5.75 Å². The Hall–Kier alpha value is -1.83. The van der Waals surface area contributed by atoms with Gasteiger partial charge in [-0.3, -0.25) is 10.1 Å². The fraction of sp³-hybridized carbons (Fsp3) is 0.417. The van der Waals surface area contributed by atoms with Gasteiger partial charge in [0.05, 0.1) is 11.5 Å². The Bertz CT molecular complexity index is 531. The van der Waals surface area contributed by atoms with Crippen LogP contribution in [0.2, 0.25) is 0 Å². The van der Waals surface area contributed by atoms with Crippen molar-refractivity contribution < 1.29 is 14.9 Å². The average molecular weight is 346 g/mol. The number of oxime groups is 1. The zero-order valence-corrected chi connectivity index (χ0v) is 12.8. The van der Waals surface area contributed by atoms with Crippen molar-refractivity contribution in [2.75, 3.05) is 6.61 Å². The van der Waals surface area contributed by atoms with Gasteiger partial charge < -0.3 is 15.7 Å². The quantitative estimate of drug-likeness (QED) is 0.270. The molecule has 3 N–H and O–H groups in total. The summed E-state index contributed by atoms with van der Waals surface area (Å²) in [5.74, 6) is 0.278. The van der Waals surface area contributed by atoms with Crippen molar-refractivity contribution in [1.82, 2.24) is 0 Å². The zero-order valence-electron chi connectivity index (χ0n) is 11.2. The Morgan fingerprint density at radius 3 is 2.80 bits per heavy atom. The molecule has 0 fully saturated rings. The van der Waals surface area contributed by atoms with Crippen molar-refractivity contribution in [3.63, 3.8) is 0 Å². The Balaban J connectivity index is 2.74. The van der Waals surface area contributed by atoms with Crippen LogP contribution in [0, 0.1) is 15.5 Å². The molecule has 1 rings (SSSR count). The standard InChI is InChI=1S/C12H16BrN3O4/c1-12(2,11(14)15-17)5-6-20-10-4-3-8(13)7-9(10)16(18)19/h3-4,7,17H,5-6H2,1-2H3,(H2,14,15). The van der Waals surface area contributed by atoms with Gasteiger partial charge >= 0.3 is 5.69 Å².